The minimum Gasteiger partial charge on any atom is -0.367 e. The summed E-state index contributed by atoms with van der Waals surface area (Å²) in [6, 6.07) is 4.10. The summed E-state index contributed by atoms with van der Waals surface area (Å²) in [7, 11) is 0. The van der Waals surface area contributed by atoms with Crippen LogP contribution in [0.25, 0.3) is 10.4 Å². The second kappa shape index (κ2) is 8.10. The van der Waals surface area contributed by atoms with E-state index in [2.05, 4.69) is 23.5 Å². The molecule has 0 saturated carbocycles. The number of nitrogens with zero attached hydrogens (tertiary/aromatic N) is 1. The molecule has 2 N–H and O–H groups in total. The van der Waals surface area contributed by atoms with Crippen LogP contribution in [0.5, 0.6) is 0 Å². The van der Waals surface area contributed by atoms with Crippen molar-refractivity contribution in [3.63, 3.8) is 0 Å². The number of nitrogens with two attached hydrogens (primary N) is 1. The third kappa shape index (κ3) is 4.10. The number of aryl methyl sites for hydroxylation is 1. The number of anilines is 1. The third-order valence-electron chi connectivity index (χ3n) is 3.57. The lowest BCUT2D eigenvalue weighted by atomic mass is 10.0. The molecule has 2 heterocycles. The molecule has 0 amide bonds. The van der Waals surface area contributed by atoms with Gasteiger partial charge in [0, 0.05) is 4.88 Å². The minimum atomic E-state index is 0.449. The zero-order valence-corrected chi connectivity index (χ0v) is 13.0. The number of thiophene rings is 1. The lowest BCUT2D eigenvalue weighted by Gasteiger charge is -2.01. The monoisotopic (exact) mass is 292 g/mol. The molecule has 0 unspecified atom stereocenters. The molecule has 0 spiro atoms. The number of aromatic nitrogens is 1. The van der Waals surface area contributed by atoms with Gasteiger partial charge in [0.2, 0.25) is 5.88 Å². The average molecular weight is 292 g/mol. The molecule has 0 aliphatic carbocycles. The van der Waals surface area contributed by atoms with E-state index in [1.54, 1.807) is 11.3 Å². The maximum Gasteiger partial charge on any atom is 0.231 e. The van der Waals surface area contributed by atoms with Gasteiger partial charge in [-0.2, -0.15) is 0 Å². The molecule has 0 fully saturated rings. The number of unbranched alkanes of at least 4 members (excludes halogenated alkanes) is 6. The van der Waals surface area contributed by atoms with E-state index in [0.717, 1.165) is 29.0 Å². The predicted molar refractivity (Wildman–Crippen MR) is 85.9 cm³/mol. The quantitative estimate of drug-likeness (QED) is 0.640. The average Bonchev–Trinajstić information content (AvgIpc) is 3.07. The standard InChI is InChI=1S/C16H24N2OS/c1-2-3-4-5-6-7-8-10-13-15(16(17)19-18-13)14-11-9-12-20-14/h9,11-12H,2-8,10,17H2,1H3. The van der Waals surface area contributed by atoms with Gasteiger partial charge in [0.15, 0.2) is 0 Å². The molecule has 3 nitrogen and oxygen atoms in total. The summed E-state index contributed by atoms with van der Waals surface area (Å²) in [5.74, 6) is 0.449. The molecule has 0 aliphatic heterocycles. The van der Waals surface area contributed by atoms with E-state index in [-0.39, 0.29) is 0 Å². The number of rotatable bonds is 9. The van der Waals surface area contributed by atoms with Gasteiger partial charge in [-0.3, -0.25) is 0 Å². The summed E-state index contributed by atoms with van der Waals surface area (Å²) in [5.41, 5.74) is 7.91. The molecule has 0 aromatic carbocycles. The normalized spacial score (nSPS) is 11.1. The highest BCUT2D eigenvalue weighted by Gasteiger charge is 2.15. The Morgan fingerprint density at radius 2 is 1.90 bits per heavy atom. The first-order valence-corrected chi connectivity index (χ1v) is 8.48. The van der Waals surface area contributed by atoms with E-state index in [9.17, 15) is 0 Å². The Bertz CT molecular complexity index is 491. The Labute approximate surface area is 125 Å². The van der Waals surface area contributed by atoms with Crippen molar-refractivity contribution in [2.45, 2.75) is 58.3 Å². The fourth-order valence-electron chi connectivity index (χ4n) is 2.44. The van der Waals surface area contributed by atoms with Gasteiger partial charge in [-0.1, -0.05) is 56.7 Å². The lowest BCUT2D eigenvalue weighted by molar-refractivity contribution is 0.425. The van der Waals surface area contributed by atoms with Gasteiger partial charge >= 0.3 is 0 Å². The van der Waals surface area contributed by atoms with Crippen LogP contribution in [-0.2, 0) is 6.42 Å². The van der Waals surface area contributed by atoms with Gasteiger partial charge in [-0.25, -0.2) is 0 Å². The molecule has 2 rings (SSSR count). The Morgan fingerprint density at radius 3 is 2.60 bits per heavy atom. The van der Waals surface area contributed by atoms with E-state index in [4.69, 9.17) is 10.3 Å². The summed E-state index contributed by atoms with van der Waals surface area (Å²) in [5, 5.41) is 6.18. The Hall–Kier alpha value is -1.29. The molecule has 110 valence electrons. The fourth-order valence-corrected chi connectivity index (χ4v) is 3.24. The van der Waals surface area contributed by atoms with Crippen LogP contribution in [0.4, 0.5) is 5.88 Å². The van der Waals surface area contributed by atoms with Crippen LogP contribution in [-0.4, -0.2) is 5.16 Å². The zero-order valence-electron chi connectivity index (χ0n) is 12.2. The first kappa shape index (κ1) is 15.1. The third-order valence-corrected chi connectivity index (χ3v) is 4.46. The van der Waals surface area contributed by atoms with Crippen LogP contribution in [0.2, 0.25) is 0 Å². The van der Waals surface area contributed by atoms with Crippen molar-refractivity contribution >= 4 is 17.2 Å². The summed E-state index contributed by atoms with van der Waals surface area (Å²) in [6.07, 6.45) is 10.1. The lowest BCUT2D eigenvalue weighted by Crippen LogP contribution is -1.91. The predicted octanol–water partition coefficient (Wildman–Crippen LogP) is 5.28. The van der Waals surface area contributed by atoms with E-state index in [0.29, 0.717) is 5.88 Å². The van der Waals surface area contributed by atoms with Crippen LogP contribution >= 0.6 is 11.3 Å². The molecule has 0 radical (unpaired) electrons. The number of hydrogen-bond donors (Lipinski definition) is 1. The second-order valence-electron chi connectivity index (χ2n) is 5.22. The van der Waals surface area contributed by atoms with E-state index in [1.807, 2.05) is 6.07 Å². The molecule has 2 aromatic heterocycles. The van der Waals surface area contributed by atoms with Crippen LogP contribution < -0.4 is 5.73 Å². The van der Waals surface area contributed by atoms with Gasteiger partial charge in [0.05, 0.1) is 11.3 Å². The van der Waals surface area contributed by atoms with Crippen molar-refractivity contribution in [1.82, 2.24) is 5.16 Å². The Kier molecular flexibility index (Phi) is 6.12. The molecular weight excluding hydrogens is 268 g/mol. The van der Waals surface area contributed by atoms with Crippen LogP contribution in [0.15, 0.2) is 22.0 Å². The van der Waals surface area contributed by atoms with Crippen LogP contribution in [0.3, 0.4) is 0 Å². The van der Waals surface area contributed by atoms with Gasteiger partial charge in [0.25, 0.3) is 0 Å². The Balaban J connectivity index is 1.79. The van der Waals surface area contributed by atoms with Crippen molar-refractivity contribution in [2.24, 2.45) is 0 Å². The van der Waals surface area contributed by atoms with Gasteiger partial charge < -0.3 is 10.3 Å². The summed E-state index contributed by atoms with van der Waals surface area (Å²) >= 11 is 1.68. The molecule has 0 aliphatic rings. The van der Waals surface area contributed by atoms with E-state index < -0.39 is 0 Å². The van der Waals surface area contributed by atoms with Gasteiger partial charge in [0.1, 0.15) is 0 Å². The van der Waals surface area contributed by atoms with Crippen LogP contribution in [0.1, 0.15) is 57.6 Å². The summed E-state index contributed by atoms with van der Waals surface area (Å²) in [4.78, 5) is 1.15. The van der Waals surface area contributed by atoms with Crippen molar-refractivity contribution in [1.29, 1.82) is 0 Å². The first-order valence-electron chi connectivity index (χ1n) is 7.60. The fraction of sp³-hybridized carbons (Fsp3) is 0.562. The van der Waals surface area contributed by atoms with E-state index >= 15 is 0 Å². The van der Waals surface area contributed by atoms with Gasteiger partial charge in [-0.05, 0) is 24.3 Å². The molecule has 4 heteroatoms. The summed E-state index contributed by atoms with van der Waals surface area (Å²) in [6.45, 7) is 2.25. The topological polar surface area (TPSA) is 52.0 Å². The minimum absolute atomic E-state index is 0.449. The first-order chi connectivity index (χ1) is 9.83. The van der Waals surface area contributed by atoms with Crippen molar-refractivity contribution in [3.8, 4) is 10.4 Å². The highest BCUT2D eigenvalue weighted by atomic mass is 32.1. The van der Waals surface area contributed by atoms with Crippen molar-refractivity contribution in [3.05, 3.63) is 23.2 Å². The second-order valence-corrected chi connectivity index (χ2v) is 6.16. The molecule has 0 atom stereocenters. The Morgan fingerprint density at radius 1 is 1.15 bits per heavy atom. The van der Waals surface area contributed by atoms with Crippen molar-refractivity contribution in [2.75, 3.05) is 5.73 Å². The summed E-state index contributed by atoms with van der Waals surface area (Å²) < 4.78 is 5.16. The van der Waals surface area contributed by atoms with Gasteiger partial charge in [-0.15, -0.1) is 11.3 Å². The maximum absolute atomic E-state index is 5.90. The molecule has 0 saturated heterocycles. The highest BCUT2D eigenvalue weighted by Crippen LogP contribution is 2.33. The molecule has 0 bridgehead atoms. The zero-order chi connectivity index (χ0) is 14.2. The number of hydrogen-bond acceptors (Lipinski definition) is 4. The van der Waals surface area contributed by atoms with Crippen molar-refractivity contribution < 1.29 is 4.52 Å². The number of nitrogen functional groups attached to an aromatic ring is 1. The largest absolute Gasteiger partial charge is 0.367 e. The maximum atomic E-state index is 5.90. The van der Waals surface area contributed by atoms with E-state index in [1.165, 1.54) is 38.5 Å². The highest BCUT2D eigenvalue weighted by molar-refractivity contribution is 7.13. The molecule has 20 heavy (non-hydrogen) atoms. The molecule has 2 aromatic rings. The van der Waals surface area contributed by atoms with Crippen LogP contribution in [0, 0.1) is 0 Å². The smallest absolute Gasteiger partial charge is 0.231 e. The SMILES string of the molecule is CCCCCCCCCc1noc(N)c1-c1cccs1. The molecular formula is C16H24N2OS.